The second-order valence-corrected chi connectivity index (χ2v) is 5.31. The predicted molar refractivity (Wildman–Crippen MR) is 65.7 cm³/mol. The summed E-state index contributed by atoms with van der Waals surface area (Å²) in [4.78, 5) is 15.8. The third-order valence-electron chi connectivity index (χ3n) is 3.02. The first-order chi connectivity index (χ1) is 7.84. The van der Waals surface area contributed by atoms with Gasteiger partial charge in [0.2, 0.25) is 0 Å². The molecule has 1 aromatic heterocycles. The fourth-order valence-electron chi connectivity index (χ4n) is 2.10. The Bertz CT molecular complexity index is 318. The molecule has 2 rings (SSSR count). The molecule has 1 atom stereocenters. The maximum atomic E-state index is 11.7. The molecule has 0 saturated carbocycles. The van der Waals surface area contributed by atoms with Gasteiger partial charge in [0.25, 0.3) is 0 Å². The highest BCUT2D eigenvalue weighted by Gasteiger charge is 2.14. The zero-order chi connectivity index (χ0) is 11.2. The van der Waals surface area contributed by atoms with Gasteiger partial charge < -0.3 is 5.32 Å². The molecular weight excluding hydrogens is 220 g/mol. The van der Waals surface area contributed by atoms with Gasteiger partial charge in [0.15, 0.2) is 0 Å². The van der Waals surface area contributed by atoms with Gasteiger partial charge in [-0.3, -0.25) is 4.79 Å². The number of thiazole rings is 1. The summed E-state index contributed by atoms with van der Waals surface area (Å²) < 4.78 is 0. The van der Waals surface area contributed by atoms with E-state index in [0.29, 0.717) is 24.7 Å². The average Bonchev–Trinajstić information content (AvgIpc) is 2.81. The summed E-state index contributed by atoms with van der Waals surface area (Å²) in [6.45, 7) is 1.12. The van der Waals surface area contributed by atoms with Crippen molar-refractivity contribution in [1.29, 1.82) is 0 Å². The molecular formula is C12H18N2OS. The Balaban J connectivity index is 1.67. The first kappa shape index (κ1) is 11.7. The SMILES string of the molecule is O=C(CCC1CCCCN1)Cc1nccs1. The number of piperidine rings is 1. The van der Waals surface area contributed by atoms with Crippen LogP contribution >= 0.6 is 11.3 Å². The summed E-state index contributed by atoms with van der Waals surface area (Å²) >= 11 is 1.57. The van der Waals surface area contributed by atoms with E-state index in [9.17, 15) is 4.79 Å². The highest BCUT2D eigenvalue weighted by molar-refractivity contribution is 7.09. The molecule has 1 unspecified atom stereocenters. The molecule has 3 nitrogen and oxygen atoms in total. The number of nitrogens with one attached hydrogen (secondary N) is 1. The Morgan fingerprint density at radius 1 is 1.56 bits per heavy atom. The van der Waals surface area contributed by atoms with Gasteiger partial charge in [0.1, 0.15) is 5.78 Å². The molecule has 2 heterocycles. The fraction of sp³-hybridized carbons (Fsp3) is 0.667. The zero-order valence-electron chi connectivity index (χ0n) is 9.45. The summed E-state index contributed by atoms with van der Waals surface area (Å²) in [7, 11) is 0. The standard InChI is InChI=1S/C12H18N2OS/c15-11(9-12-14-7-8-16-12)5-4-10-3-1-2-6-13-10/h7-8,10,13H,1-6,9H2. The van der Waals surface area contributed by atoms with Crippen LogP contribution < -0.4 is 5.32 Å². The lowest BCUT2D eigenvalue weighted by atomic mass is 9.99. The molecule has 0 bridgehead atoms. The first-order valence-corrected chi connectivity index (χ1v) is 6.86. The third-order valence-corrected chi connectivity index (χ3v) is 3.80. The maximum Gasteiger partial charge on any atom is 0.139 e. The van der Waals surface area contributed by atoms with Gasteiger partial charge in [-0.05, 0) is 25.8 Å². The Morgan fingerprint density at radius 3 is 3.19 bits per heavy atom. The van der Waals surface area contributed by atoms with Crippen molar-refractivity contribution in [3.63, 3.8) is 0 Å². The van der Waals surface area contributed by atoms with Crippen molar-refractivity contribution in [2.75, 3.05) is 6.54 Å². The van der Waals surface area contributed by atoms with Gasteiger partial charge in [-0.1, -0.05) is 6.42 Å². The van der Waals surface area contributed by atoms with Gasteiger partial charge in [-0.2, -0.15) is 0 Å². The van der Waals surface area contributed by atoms with E-state index in [1.165, 1.54) is 19.3 Å². The fourth-order valence-corrected chi connectivity index (χ4v) is 2.75. The van der Waals surface area contributed by atoms with Crippen LogP contribution in [0.3, 0.4) is 0 Å². The Hall–Kier alpha value is -0.740. The van der Waals surface area contributed by atoms with E-state index < -0.39 is 0 Å². The molecule has 1 saturated heterocycles. The molecule has 1 N–H and O–H groups in total. The minimum absolute atomic E-state index is 0.322. The molecule has 0 aromatic carbocycles. The number of Topliss-reactive ketones (excluding diaryl/α,β-unsaturated/α-hetero) is 1. The lowest BCUT2D eigenvalue weighted by Gasteiger charge is -2.22. The van der Waals surface area contributed by atoms with Crippen LogP contribution in [-0.4, -0.2) is 23.4 Å². The highest BCUT2D eigenvalue weighted by atomic mass is 32.1. The molecule has 16 heavy (non-hydrogen) atoms. The van der Waals surface area contributed by atoms with Crippen molar-refractivity contribution >= 4 is 17.1 Å². The van der Waals surface area contributed by atoms with Gasteiger partial charge in [0, 0.05) is 24.0 Å². The van der Waals surface area contributed by atoms with E-state index in [-0.39, 0.29) is 0 Å². The lowest BCUT2D eigenvalue weighted by Crippen LogP contribution is -2.34. The van der Waals surface area contributed by atoms with E-state index in [0.717, 1.165) is 18.0 Å². The molecule has 0 radical (unpaired) electrons. The summed E-state index contributed by atoms with van der Waals surface area (Å²) in [6.07, 6.45) is 7.77. The van der Waals surface area contributed by atoms with E-state index in [4.69, 9.17) is 0 Å². The summed E-state index contributed by atoms with van der Waals surface area (Å²) in [6, 6.07) is 0.564. The van der Waals surface area contributed by atoms with Gasteiger partial charge >= 0.3 is 0 Å². The summed E-state index contributed by atoms with van der Waals surface area (Å²) in [5.41, 5.74) is 0. The first-order valence-electron chi connectivity index (χ1n) is 5.98. The summed E-state index contributed by atoms with van der Waals surface area (Å²) in [5.74, 6) is 0.322. The molecule has 0 spiro atoms. The molecule has 1 aliphatic heterocycles. The van der Waals surface area contributed by atoms with Crippen molar-refractivity contribution < 1.29 is 4.79 Å². The van der Waals surface area contributed by atoms with Crippen LogP contribution in [0.5, 0.6) is 0 Å². The van der Waals surface area contributed by atoms with Gasteiger partial charge in [-0.15, -0.1) is 11.3 Å². The van der Waals surface area contributed by atoms with Crippen LogP contribution in [0.25, 0.3) is 0 Å². The van der Waals surface area contributed by atoms with Gasteiger partial charge in [0.05, 0.1) is 11.4 Å². The van der Waals surface area contributed by atoms with E-state index >= 15 is 0 Å². The molecule has 1 aromatic rings. The summed E-state index contributed by atoms with van der Waals surface area (Å²) in [5, 5.41) is 6.34. The van der Waals surface area contributed by atoms with E-state index in [1.54, 1.807) is 17.5 Å². The van der Waals surface area contributed by atoms with E-state index in [1.807, 2.05) is 5.38 Å². The smallest absolute Gasteiger partial charge is 0.139 e. The van der Waals surface area contributed by atoms with Crippen LogP contribution in [0.4, 0.5) is 0 Å². The highest BCUT2D eigenvalue weighted by Crippen LogP contribution is 2.13. The number of carbonyl (C=O) groups is 1. The zero-order valence-corrected chi connectivity index (χ0v) is 10.3. The quantitative estimate of drug-likeness (QED) is 0.855. The number of hydrogen-bond donors (Lipinski definition) is 1. The maximum absolute atomic E-state index is 11.7. The minimum Gasteiger partial charge on any atom is -0.314 e. The normalized spacial score (nSPS) is 20.9. The Morgan fingerprint density at radius 2 is 2.50 bits per heavy atom. The van der Waals surface area contributed by atoms with Crippen molar-refractivity contribution in [3.8, 4) is 0 Å². The number of hydrogen-bond acceptors (Lipinski definition) is 4. The van der Waals surface area contributed by atoms with E-state index in [2.05, 4.69) is 10.3 Å². The van der Waals surface area contributed by atoms with Crippen molar-refractivity contribution in [2.24, 2.45) is 0 Å². The second-order valence-electron chi connectivity index (χ2n) is 4.33. The molecule has 4 heteroatoms. The second kappa shape index (κ2) is 6.11. The minimum atomic E-state index is 0.322. The predicted octanol–water partition coefficient (Wildman–Crippen LogP) is 2.18. The van der Waals surface area contributed by atoms with Crippen molar-refractivity contribution in [1.82, 2.24) is 10.3 Å². The van der Waals surface area contributed by atoms with Crippen LogP contribution in [0.15, 0.2) is 11.6 Å². The van der Waals surface area contributed by atoms with Crippen LogP contribution in [-0.2, 0) is 11.2 Å². The molecule has 1 aliphatic rings. The number of aromatic nitrogens is 1. The van der Waals surface area contributed by atoms with Crippen LogP contribution in [0.1, 0.15) is 37.1 Å². The Kier molecular flexibility index (Phi) is 4.48. The number of carbonyl (C=O) groups excluding carboxylic acids is 1. The third kappa shape index (κ3) is 3.68. The van der Waals surface area contributed by atoms with Crippen LogP contribution in [0.2, 0.25) is 0 Å². The monoisotopic (exact) mass is 238 g/mol. The molecule has 0 amide bonds. The van der Waals surface area contributed by atoms with Crippen LogP contribution in [0, 0.1) is 0 Å². The van der Waals surface area contributed by atoms with Crippen molar-refractivity contribution in [2.45, 2.75) is 44.6 Å². The largest absolute Gasteiger partial charge is 0.314 e. The lowest BCUT2D eigenvalue weighted by molar-refractivity contribution is -0.118. The number of rotatable bonds is 5. The molecule has 0 aliphatic carbocycles. The molecule has 88 valence electrons. The van der Waals surface area contributed by atoms with Gasteiger partial charge in [-0.25, -0.2) is 4.98 Å². The Labute approximate surface area is 100 Å². The number of nitrogens with zero attached hydrogens (tertiary/aromatic N) is 1. The molecule has 1 fully saturated rings. The average molecular weight is 238 g/mol. The van der Waals surface area contributed by atoms with Crippen molar-refractivity contribution in [3.05, 3.63) is 16.6 Å². The number of ketones is 1. The topological polar surface area (TPSA) is 42.0 Å².